The fraction of sp³-hybridized carbons (Fsp3) is 0.208. The number of rotatable bonds is 16. The lowest BCUT2D eigenvalue weighted by Crippen LogP contribution is -2.33. The summed E-state index contributed by atoms with van der Waals surface area (Å²) in [6, 6.07) is 50.3. The SMILES string of the molecule is O=C(OCCCCCCCCCC[P+](c1ccccc1)(c1ccccc1)c1ccccc1)c1ccccc1-c1c2ccc(=O)cc-2oc2cc(O)ccc12. The molecule has 1 aliphatic heterocycles. The molecule has 1 aliphatic carbocycles. The molecule has 1 N–H and O–H groups in total. The molecule has 0 amide bonds. The number of hydrogen-bond acceptors (Lipinski definition) is 5. The molecule has 0 radical (unpaired) electrons. The molecule has 0 atom stereocenters. The van der Waals surface area contributed by atoms with Gasteiger partial charge in [0.2, 0.25) is 0 Å². The van der Waals surface area contributed by atoms with Gasteiger partial charge in [-0.25, -0.2) is 4.79 Å². The Kier molecular flexibility index (Phi) is 12.0. The maximum absolute atomic E-state index is 13.5. The monoisotopic (exact) mass is 733 g/mol. The molecule has 1 heterocycles. The Hall–Kier alpha value is -5.51. The number of benzene rings is 6. The third kappa shape index (κ3) is 8.17. The average molecular weight is 734 g/mol. The van der Waals surface area contributed by atoms with E-state index in [-0.39, 0.29) is 17.1 Å². The van der Waals surface area contributed by atoms with Crippen LogP contribution in [0.5, 0.6) is 5.75 Å². The Balaban J connectivity index is 0.907. The first-order valence-electron chi connectivity index (χ1n) is 19.1. The van der Waals surface area contributed by atoms with Gasteiger partial charge in [0, 0.05) is 28.6 Å². The van der Waals surface area contributed by atoms with Crippen molar-refractivity contribution in [3.8, 4) is 28.2 Å². The van der Waals surface area contributed by atoms with Crippen molar-refractivity contribution in [2.75, 3.05) is 12.8 Å². The van der Waals surface area contributed by atoms with Crippen LogP contribution in [-0.4, -0.2) is 23.8 Å². The largest absolute Gasteiger partial charge is 0.508 e. The second-order valence-electron chi connectivity index (χ2n) is 13.9. The number of hydrogen-bond donors (Lipinski definition) is 1. The molecular weight excluding hydrogens is 687 g/mol. The van der Waals surface area contributed by atoms with E-state index in [1.807, 2.05) is 18.2 Å². The van der Waals surface area contributed by atoms with Gasteiger partial charge in [0.25, 0.3) is 0 Å². The molecule has 0 aromatic heterocycles. The van der Waals surface area contributed by atoms with Gasteiger partial charge in [-0.15, -0.1) is 0 Å². The summed E-state index contributed by atoms with van der Waals surface area (Å²) in [5, 5.41) is 15.2. The average Bonchev–Trinajstić information content (AvgIpc) is 3.21. The summed E-state index contributed by atoms with van der Waals surface area (Å²) in [5.74, 6) is 0.0588. The molecule has 272 valence electrons. The Bertz CT molecular complexity index is 2220. The van der Waals surface area contributed by atoms with Crippen LogP contribution in [0.25, 0.3) is 33.4 Å². The highest BCUT2D eigenvalue weighted by Gasteiger charge is 2.44. The van der Waals surface area contributed by atoms with Crippen LogP contribution in [0.1, 0.15) is 61.7 Å². The first-order valence-corrected chi connectivity index (χ1v) is 21.0. The highest BCUT2D eigenvalue weighted by Crippen LogP contribution is 2.56. The smallest absolute Gasteiger partial charge is 0.338 e. The number of carbonyl (C=O) groups is 1. The van der Waals surface area contributed by atoms with Crippen LogP contribution < -0.4 is 21.3 Å². The highest BCUT2D eigenvalue weighted by molar-refractivity contribution is 7.95. The fourth-order valence-electron chi connectivity index (χ4n) is 7.66. The van der Waals surface area contributed by atoms with E-state index in [1.165, 1.54) is 66.2 Å². The van der Waals surface area contributed by atoms with Crippen LogP contribution >= 0.6 is 7.26 Å². The van der Waals surface area contributed by atoms with Gasteiger partial charge in [-0.05, 0) is 91.6 Å². The van der Waals surface area contributed by atoms with Crippen molar-refractivity contribution in [2.24, 2.45) is 0 Å². The number of phenols is 1. The predicted octanol–water partition coefficient (Wildman–Crippen LogP) is 10.5. The first kappa shape index (κ1) is 36.8. The zero-order valence-corrected chi connectivity index (χ0v) is 31.4. The van der Waals surface area contributed by atoms with E-state index >= 15 is 0 Å². The van der Waals surface area contributed by atoms with Gasteiger partial charge in [-0.1, -0.05) is 105 Å². The number of esters is 1. The summed E-state index contributed by atoms with van der Waals surface area (Å²) in [4.78, 5) is 25.6. The Morgan fingerprint density at radius 3 is 1.76 bits per heavy atom. The van der Waals surface area contributed by atoms with Crippen molar-refractivity contribution in [1.29, 1.82) is 0 Å². The molecule has 0 saturated heterocycles. The molecule has 54 heavy (non-hydrogen) atoms. The Morgan fingerprint density at radius 1 is 0.574 bits per heavy atom. The van der Waals surface area contributed by atoms with Crippen molar-refractivity contribution < 1.29 is 19.1 Å². The number of aromatic hydroxyl groups is 1. The predicted molar refractivity (Wildman–Crippen MR) is 223 cm³/mol. The number of unbranched alkanes of at least 4 members (excludes halogenated alkanes) is 7. The van der Waals surface area contributed by atoms with Gasteiger partial charge >= 0.3 is 5.97 Å². The molecule has 0 spiro atoms. The highest BCUT2D eigenvalue weighted by atomic mass is 31.2. The molecular formula is C48H46O5P+. The molecule has 0 saturated carbocycles. The molecule has 5 nitrogen and oxygen atoms in total. The number of phenolic OH excluding ortho intramolecular Hbond substituents is 1. The van der Waals surface area contributed by atoms with Crippen LogP contribution in [0.3, 0.4) is 0 Å². The van der Waals surface area contributed by atoms with Gasteiger partial charge in [-0.3, -0.25) is 4.79 Å². The van der Waals surface area contributed by atoms with Gasteiger partial charge in [0.05, 0.1) is 18.3 Å². The number of ether oxygens (including phenoxy) is 1. The zero-order valence-electron chi connectivity index (χ0n) is 30.5. The lowest BCUT2D eigenvalue weighted by Gasteiger charge is -2.27. The molecule has 5 aromatic carbocycles. The van der Waals surface area contributed by atoms with Crippen molar-refractivity contribution in [3.63, 3.8) is 0 Å². The van der Waals surface area contributed by atoms with Crippen molar-refractivity contribution in [1.82, 2.24) is 0 Å². The van der Waals surface area contributed by atoms with Gasteiger partial charge in [-0.2, -0.15) is 0 Å². The van der Waals surface area contributed by atoms with E-state index < -0.39 is 7.26 Å². The maximum Gasteiger partial charge on any atom is 0.338 e. The van der Waals surface area contributed by atoms with E-state index in [4.69, 9.17) is 9.15 Å². The number of carbonyl (C=O) groups excluding carboxylic acids is 1. The summed E-state index contributed by atoms with van der Waals surface area (Å²) >= 11 is 0. The summed E-state index contributed by atoms with van der Waals surface area (Å²) < 4.78 is 11.8. The lowest BCUT2D eigenvalue weighted by atomic mass is 9.91. The second kappa shape index (κ2) is 17.5. The van der Waals surface area contributed by atoms with Crippen LogP contribution in [0.4, 0.5) is 0 Å². The zero-order chi connectivity index (χ0) is 37.2. The Morgan fingerprint density at radius 2 is 1.13 bits per heavy atom. The maximum atomic E-state index is 13.5. The van der Waals surface area contributed by atoms with E-state index in [0.29, 0.717) is 34.6 Å². The third-order valence-electron chi connectivity index (χ3n) is 10.3. The first-order chi connectivity index (χ1) is 26.5. The van der Waals surface area contributed by atoms with Crippen molar-refractivity contribution in [3.05, 3.63) is 167 Å². The summed E-state index contributed by atoms with van der Waals surface area (Å²) in [7, 11) is -1.77. The van der Waals surface area contributed by atoms with Crippen molar-refractivity contribution >= 4 is 40.1 Å². The summed E-state index contributed by atoms with van der Waals surface area (Å²) in [5.41, 5.74) is 2.84. The molecule has 7 rings (SSSR count). The molecule has 0 bridgehead atoms. The quantitative estimate of drug-likeness (QED) is 0.0463. The molecule has 0 fully saturated rings. The standard InChI is InChI=1S/C48H45O5P/c49-36-28-30-43-45(34-36)53-46-35-37(50)29-31-44(46)47(43)41-26-16-17-27-42(41)48(51)52-32-18-5-3-1-2-4-6-19-33-54(38-20-10-7-11-21-38,39-22-12-8-13-23-39)40-24-14-9-15-25-40/h7-17,20-31,34-35H,1-6,18-19,32-33H2/p+1. The van der Waals surface area contributed by atoms with Crippen molar-refractivity contribution in [2.45, 2.75) is 51.4 Å². The van der Waals surface area contributed by atoms with Gasteiger partial charge < -0.3 is 14.3 Å². The minimum absolute atomic E-state index is 0.0521. The van der Waals surface area contributed by atoms with Gasteiger partial charge in [0.15, 0.2) is 5.43 Å². The van der Waals surface area contributed by atoms with Crippen LogP contribution in [0.2, 0.25) is 0 Å². The van der Waals surface area contributed by atoms with E-state index in [2.05, 4.69) is 91.0 Å². The molecule has 6 heteroatoms. The normalized spacial score (nSPS) is 11.6. The second-order valence-corrected chi connectivity index (χ2v) is 17.5. The van der Waals surface area contributed by atoms with E-state index in [1.54, 1.807) is 24.3 Å². The van der Waals surface area contributed by atoms with E-state index in [0.717, 1.165) is 36.4 Å². The lowest BCUT2D eigenvalue weighted by molar-refractivity contribution is 0.0498. The minimum atomic E-state index is -1.77. The van der Waals surface area contributed by atoms with Crippen LogP contribution in [0.15, 0.2) is 161 Å². The number of fused-ring (bicyclic) bond motifs is 2. The topological polar surface area (TPSA) is 76.7 Å². The molecule has 0 unspecified atom stereocenters. The van der Waals surface area contributed by atoms with Crippen LogP contribution in [0, 0.1) is 0 Å². The molecule has 5 aromatic rings. The fourth-order valence-corrected chi connectivity index (χ4v) is 12.1. The summed E-state index contributed by atoms with van der Waals surface area (Å²) in [6.07, 6.45) is 10.1. The van der Waals surface area contributed by atoms with E-state index in [9.17, 15) is 14.7 Å². The molecule has 2 aliphatic rings. The minimum Gasteiger partial charge on any atom is -0.508 e. The van der Waals surface area contributed by atoms with Gasteiger partial charge in [0.1, 0.15) is 40.3 Å². The Labute approximate surface area is 318 Å². The summed E-state index contributed by atoms with van der Waals surface area (Å²) in [6.45, 7) is 0.358. The van der Waals surface area contributed by atoms with Crippen LogP contribution in [-0.2, 0) is 4.74 Å². The third-order valence-corrected chi connectivity index (χ3v) is 14.8.